The standard InChI is InChI=1S/C12H10N2.BF4/c1-3-7-11(8-4-1)13-14-12-9-5-2-6-10-12;2-1(3,4)5/h1-10H;/q;-1/b14-13+;. The summed E-state index contributed by atoms with van der Waals surface area (Å²) in [5, 5.41) is 8.20. The summed E-state index contributed by atoms with van der Waals surface area (Å²) in [5.41, 5.74) is 1.74. The first-order valence-corrected chi connectivity index (χ1v) is 5.34. The molecule has 0 bridgehead atoms. The second-order valence-corrected chi connectivity index (χ2v) is 3.37. The quantitative estimate of drug-likeness (QED) is 0.396. The molecule has 0 amide bonds. The summed E-state index contributed by atoms with van der Waals surface area (Å²) < 4.78 is 39.0. The van der Waals surface area contributed by atoms with Crippen LogP contribution in [0.1, 0.15) is 0 Å². The van der Waals surface area contributed by atoms with E-state index in [1.165, 1.54) is 0 Å². The second-order valence-electron chi connectivity index (χ2n) is 3.37. The Morgan fingerprint density at radius 1 is 0.579 bits per heavy atom. The number of azo groups is 1. The Bertz CT molecular complexity index is 453. The fraction of sp³-hybridized carbons (Fsp3) is 0. The molecule has 0 aliphatic carbocycles. The summed E-state index contributed by atoms with van der Waals surface area (Å²) in [5.74, 6) is 0. The Hall–Kier alpha value is -2.18. The summed E-state index contributed by atoms with van der Waals surface area (Å²) in [6.45, 7) is 0. The van der Waals surface area contributed by atoms with Crippen molar-refractivity contribution in [2.75, 3.05) is 0 Å². The Kier molecular flexibility index (Phi) is 5.72. The van der Waals surface area contributed by atoms with Crippen LogP contribution in [0.25, 0.3) is 0 Å². The van der Waals surface area contributed by atoms with Gasteiger partial charge in [0.05, 0.1) is 11.4 Å². The fourth-order valence-electron chi connectivity index (χ4n) is 1.10. The lowest BCUT2D eigenvalue weighted by Crippen LogP contribution is -2.02. The molecule has 0 spiro atoms. The van der Waals surface area contributed by atoms with Crippen molar-refractivity contribution in [3.63, 3.8) is 0 Å². The van der Waals surface area contributed by atoms with Gasteiger partial charge in [-0.15, -0.1) is 0 Å². The van der Waals surface area contributed by atoms with Crippen LogP contribution in [-0.2, 0) is 0 Å². The second kappa shape index (κ2) is 7.30. The van der Waals surface area contributed by atoms with E-state index in [1.54, 1.807) is 0 Å². The van der Waals surface area contributed by atoms with Gasteiger partial charge in [-0.1, -0.05) is 36.4 Å². The summed E-state index contributed by atoms with van der Waals surface area (Å²) >= 11 is 0. The molecular weight excluding hydrogens is 259 g/mol. The molecule has 0 aliphatic rings. The molecule has 0 aliphatic heterocycles. The summed E-state index contributed by atoms with van der Waals surface area (Å²) in [6, 6.07) is 19.4. The van der Waals surface area contributed by atoms with Crippen molar-refractivity contribution in [2.45, 2.75) is 0 Å². The van der Waals surface area contributed by atoms with Gasteiger partial charge in [-0.2, -0.15) is 10.2 Å². The molecule has 2 nitrogen and oxygen atoms in total. The highest BCUT2D eigenvalue weighted by Crippen LogP contribution is 2.16. The van der Waals surface area contributed by atoms with E-state index in [2.05, 4.69) is 10.2 Å². The molecule has 0 unspecified atom stereocenters. The minimum absolute atomic E-state index is 0.872. The highest BCUT2D eigenvalue weighted by Gasteiger charge is 2.20. The van der Waals surface area contributed by atoms with Gasteiger partial charge in [0.15, 0.2) is 0 Å². The van der Waals surface area contributed by atoms with Crippen molar-refractivity contribution in [2.24, 2.45) is 10.2 Å². The highest BCUT2D eigenvalue weighted by molar-refractivity contribution is 6.50. The van der Waals surface area contributed by atoms with Crippen LogP contribution in [0, 0.1) is 0 Å². The van der Waals surface area contributed by atoms with Gasteiger partial charge in [0, 0.05) is 0 Å². The molecule has 0 fully saturated rings. The van der Waals surface area contributed by atoms with Crippen LogP contribution in [0.4, 0.5) is 28.6 Å². The Morgan fingerprint density at radius 3 is 1.11 bits per heavy atom. The van der Waals surface area contributed by atoms with E-state index in [9.17, 15) is 17.3 Å². The van der Waals surface area contributed by atoms with Crippen molar-refractivity contribution < 1.29 is 17.3 Å². The van der Waals surface area contributed by atoms with Crippen molar-refractivity contribution in [3.05, 3.63) is 60.7 Å². The lowest BCUT2D eigenvalue weighted by Gasteiger charge is -1.94. The van der Waals surface area contributed by atoms with Crippen molar-refractivity contribution in [1.82, 2.24) is 0 Å². The first kappa shape index (κ1) is 14.9. The van der Waals surface area contributed by atoms with E-state index in [-0.39, 0.29) is 0 Å². The SMILES string of the molecule is F[B-](F)(F)F.c1ccc(/N=N/c2ccccc2)cc1. The first-order valence-electron chi connectivity index (χ1n) is 5.34. The minimum atomic E-state index is -6.00. The third-order valence-electron chi connectivity index (χ3n) is 1.79. The van der Waals surface area contributed by atoms with E-state index in [4.69, 9.17) is 0 Å². The average molecular weight is 269 g/mol. The van der Waals surface area contributed by atoms with Crippen LogP contribution in [0.2, 0.25) is 0 Å². The molecule has 0 saturated heterocycles. The Labute approximate surface area is 107 Å². The van der Waals surface area contributed by atoms with E-state index >= 15 is 0 Å². The van der Waals surface area contributed by atoms with Gasteiger partial charge in [-0.3, -0.25) is 0 Å². The fourth-order valence-corrected chi connectivity index (χ4v) is 1.10. The van der Waals surface area contributed by atoms with Crippen LogP contribution in [0.15, 0.2) is 70.9 Å². The zero-order valence-corrected chi connectivity index (χ0v) is 9.76. The smallest absolute Gasteiger partial charge is 0.418 e. The molecule has 2 aromatic carbocycles. The number of halogens is 4. The van der Waals surface area contributed by atoms with E-state index < -0.39 is 7.25 Å². The van der Waals surface area contributed by atoms with Gasteiger partial charge in [0.25, 0.3) is 0 Å². The van der Waals surface area contributed by atoms with E-state index in [1.807, 2.05) is 60.7 Å². The maximum Gasteiger partial charge on any atom is 0.673 e. The number of nitrogens with zero attached hydrogens (tertiary/aromatic N) is 2. The van der Waals surface area contributed by atoms with Crippen LogP contribution in [0.5, 0.6) is 0 Å². The zero-order valence-electron chi connectivity index (χ0n) is 9.76. The van der Waals surface area contributed by atoms with Crippen molar-refractivity contribution in [3.8, 4) is 0 Å². The van der Waals surface area contributed by atoms with Crippen molar-refractivity contribution >= 4 is 18.6 Å². The van der Waals surface area contributed by atoms with Crippen LogP contribution in [-0.4, -0.2) is 7.25 Å². The average Bonchev–Trinajstić information content (AvgIpc) is 2.37. The van der Waals surface area contributed by atoms with E-state index in [0.717, 1.165) is 11.4 Å². The molecule has 100 valence electrons. The van der Waals surface area contributed by atoms with Crippen LogP contribution >= 0.6 is 0 Å². The maximum atomic E-state index is 9.75. The van der Waals surface area contributed by atoms with Gasteiger partial charge in [-0.25, -0.2) is 0 Å². The normalized spacial score (nSPS) is 10.9. The Balaban J connectivity index is 0.000000312. The monoisotopic (exact) mass is 269 g/mol. The molecule has 2 aromatic rings. The lowest BCUT2D eigenvalue weighted by molar-refractivity contribution is 0.368. The maximum absolute atomic E-state index is 9.75. The first-order chi connectivity index (χ1) is 8.95. The molecular formula is C12H10BF4N2-. The number of hydrogen-bond acceptors (Lipinski definition) is 2. The van der Waals surface area contributed by atoms with Gasteiger partial charge in [0.2, 0.25) is 0 Å². The van der Waals surface area contributed by atoms with E-state index in [0.29, 0.717) is 0 Å². The predicted molar refractivity (Wildman–Crippen MR) is 67.2 cm³/mol. The summed E-state index contributed by atoms with van der Waals surface area (Å²) in [7, 11) is -6.00. The Morgan fingerprint density at radius 2 is 0.842 bits per heavy atom. The van der Waals surface area contributed by atoms with Gasteiger partial charge in [0.1, 0.15) is 0 Å². The lowest BCUT2D eigenvalue weighted by atomic mass is 10.3. The topological polar surface area (TPSA) is 24.7 Å². The largest absolute Gasteiger partial charge is 0.673 e. The van der Waals surface area contributed by atoms with Gasteiger partial charge >= 0.3 is 7.25 Å². The minimum Gasteiger partial charge on any atom is -0.418 e. The number of benzene rings is 2. The molecule has 0 heterocycles. The molecule has 0 saturated carbocycles. The molecule has 0 aromatic heterocycles. The third kappa shape index (κ3) is 8.53. The molecule has 19 heavy (non-hydrogen) atoms. The van der Waals surface area contributed by atoms with Crippen LogP contribution < -0.4 is 0 Å². The highest BCUT2D eigenvalue weighted by atomic mass is 19.5. The molecule has 0 N–H and O–H groups in total. The summed E-state index contributed by atoms with van der Waals surface area (Å²) in [4.78, 5) is 0. The molecule has 0 atom stereocenters. The molecule has 7 heteroatoms. The van der Waals surface area contributed by atoms with Crippen LogP contribution in [0.3, 0.4) is 0 Å². The number of hydrogen-bond donors (Lipinski definition) is 0. The van der Waals surface area contributed by atoms with Crippen molar-refractivity contribution in [1.29, 1.82) is 0 Å². The summed E-state index contributed by atoms with van der Waals surface area (Å²) in [6.07, 6.45) is 0. The number of rotatable bonds is 2. The predicted octanol–water partition coefficient (Wildman–Crippen LogP) is 5.40. The molecule has 0 radical (unpaired) electrons. The third-order valence-corrected chi connectivity index (χ3v) is 1.79. The zero-order chi connectivity index (χ0) is 14.1. The molecule has 2 rings (SSSR count). The van der Waals surface area contributed by atoms with Gasteiger partial charge < -0.3 is 17.3 Å². The van der Waals surface area contributed by atoms with Gasteiger partial charge in [-0.05, 0) is 24.3 Å².